The van der Waals surface area contributed by atoms with Crippen molar-refractivity contribution >= 4 is 34.7 Å². The van der Waals surface area contributed by atoms with Crippen LogP contribution >= 0.6 is 11.6 Å². The van der Waals surface area contributed by atoms with Crippen LogP contribution in [0, 0.1) is 0 Å². The molecule has 0 radical (unpaired) electrons. The van der Waals surface area contributed by atoms with Gasteiger partial charge in [-0.15, -0.1) is 0 Å². The fourth-order valence-corrected chi connectivity index (χ4v) is 3.69. The monoisotopic (exact) mass is 420 g/mol. The summed E-state index contributed by atoms with van der Waals surface area (Å²) in [7, 11) is 1.44. The van der Waals surface area contributed by atoms with Crippen molar-refractivity contribution in [3.63, 3.8) is 0 Å². The van der Waals surface area contributed by atoms with Crippen LogP contribution in [0.25, 0.3) is 5.76 Å². The van der Waals surface area contributed by atoms with Crippen LogP contribution in [0.15, 0.2) is 78.5 Å². The fourth-order valence-electron chi connectivity index (χ4n) is 3.52. The van der Waals surface area contributed by atoms with Crippen LogP contribution in [0.3, 0.4) is 0 Å². The van der Waals surface area contributed by atoms with Crippen molar-refractivity contribution < 1.29 is 19.4 Å². The molecular weight excluding hydrogens is 404 g/mol. The molecule has 1 atom stereocenters. The molecule has 1 aromatic heterocycles. The number of amides is 1. The number of aromatic nitrogens is 1. The number of Topliss-reactive ketones (excluding diaryl/α,β-unsaturated/α-hetero) is 1. The molecular formula is C23H17ClN2O4. The second-order valence-corrected chi connectivity index (χ2v) is 7.04. The van der Waals surface area contributed by atoms with Gasteiger partial charge < -0.3 is 9.84 Å². The first-order valence-electron chi connectivity index (χ1n) is 9.14. The Bertz CT molecular complexity index is 1150. The van der Waals surface area contributed by atoms with Gasteiger partial charge in [0.05, 0.1) is 23.9 Å². The SMILES string of the molecule is COc1ccc(Cl)cc1/C(O)=C1\C(=O)C(=O)N(c2ccccc2)C1c1ccccn1. The van der Waals surface area contributed by atoms with E-state index in [2.05, 4.69) is 4.98 Å². The van der Waals surface area contributed by atoms with Gasteiger partial charge in [0.1, 0.15) is 17.6 Å². The summed E-state index contributed by atoms with van der Waals surface area (Å²) in [6.07, 6.45) is 1.57. The lowest BCUT2D eigenvalue weighted by Gasteiger charge is -2.24. The summed E-state index contributed by atoms with van der Waals surface area (Å²) < 4.78 is 5.32. The van der Waals surface area contributed by atoms with Crippen LogP contribution in [-0.2, 0) is 9.59 Å². The topological polar surface area (TPSA) is 79.7 Å². The maximum atomic E-state index is 13.1. The quantitative estimate of drug-likeness (QED) is 0.385. The molecule has 1 saturated heterocycles. The van der Waals surface area contributed by atoms with E-state index in [1.165, 1.54) is 18.1 Å². The highest BCUT2D eigenvalue weighted by Gasteiger charge is 2.47. The molecule has 0 bridgehead atoms. The maximum Gasteiger partial charge on any atom is 0.300 e. The highest BCUT2D eigenvalue weighted by atomic mass is 35.5. The van der Waals surface area contributed by atoms with Gasteiger partial charge in [0.2, 0.25) is 0 Å². The second-order valence-electron chi connectivity index (χ2n) is 6.60. The van der Waals surface area contributed by atoms with E-state index in [-0.39, 0.29) is 16.9 Å². The Morgan fingerprint density at radius 1 is 1.07 bits per heavy atom. The van der Waals surface area contributed by atoms with Crippen LogP contribution in [0.5, 0.6) is 5.75 Å². The first-order valence-corrected chi connectivity index (χ1v) is 9.51. The minimum atomic E-state index is -0.905. The van der Waals surface area contributed by atoms with Crippen LogP contribution in [0.2, 0.25) is 5.02 Å². The van der Waals surface area contributed by atoms with Gasteiger partial charge in [-0.2, -0.15) is 0 Å². The van der Waals surface area contributed by atoms with Gasteiger partial charge in [-0.3, -0.25) is 19.5 Å². The number of carbonyl (C=O) groups excluding carboxylic acids is 2. The Balaban J connectivity index is 1.98. The third-order valence-corrected chi connectivity index (χ3v) is 5.10. The van der Waals surface area contributed by atoms with Crippen molar-refractivity contribution in [2.75, 3.05) is 12.0 Å². The number of hydrogen-bond donors (Lipinski definition) is 1. The molecule has 1 fully saturated rings. The normalized spacial score (nSPS) is 17.9. The molecule has 3 aromatic rings. The summed E-state index contributed by atoms with van der Waals surface area (Å²) >= 11 is 6.10. The highest BCUT2D eigenvalue weighted by molar-refractivity contribution is 6.51. The van der Waals surface area contributed by atoms with Gasteiger partial charge in [-0.25, -0.2) is 0 Å². The Labute approximate surface area is 178 Å². The molecule has 2 heterocycles. The number of nitrogens with zero attached hydrogens (tertiary/aromatic N) is 2. The molecule has 1 unspecified atom stereocenters. The molecule has 6 nitrogen and oxygen atoms in total. The largest absolute Gasteiger partial charge is 0.507 e. The summed E-state index contributed by atoms with van der Waals surface area (Å²) in [5.74, 6) is -1.61. The summed E-state index contributed by atoms with van der Waals surface area (Å²) in [6, 6.07) is 17.8. The van der Waals surface area contributed by atoms with Gasteiger partial charge in [-0.1, -0.05) is 35.9 Å². The number of para-hydroxylation sites is 1. The number of pyridine rings is 1. The van der Waals surface area contributed by atoms with E-state index in [9.17, 15) is 14.7 Å². The highest BCUT2D eigenvalue weighted by Crippen LogP contribution is 2.42. The number of methoxy groups -OCH3 is 1. The van der Waals surface area contributed by atoms with Gasteiger partial charge in [0.25, 0.3) is 11.7 Å². The van der Waals surface area contributed by atoms with Crippen molar-refractivity contribution in [3.05, 3.63) is 94.8 Å². The molecule has 4 rings (SSSR count). The Morgan fingerprint density at radius 2 is 1.80 bits per heavy atom. The number of benzene rings is 2. The van der Waals surface area contributed by atoms with Crippen molar-refractivity contribution in [1.29, 1.82) is 0 Å². The number of halogens is 1. The lowest BCUT2D eigenvalue weighted by Crippen LogP contribution is -2.29. The number of rotatable bonds is 4. The zero-order valence-electron chi connectivity index (χ0n) is 15.9. The van der Waals surface area contributed by atoms with E-state index in [1.54, 1.807) is 60.8 Å². The molecule has 1 aliphatic heterocycles. The first kappa shape index (κ1) is 19.7. The first-order chi connectivity index (χ1) is 14.5. The molecule has 1 N–H and O–H groups in total. The Hall–Kier alpha value is -3.64. The molecule has 1 amide bonds. The zero-order chi connectivity index (χ0) is 21.3. The number of ether oxygens (including phenoxy) is 1. The van der Waals surface area contributed by atoms with Crippen LogP contribution < -0.4 is 9.64 Å². The Kier molecular flexibility index (Phi) is 5.25. The van der Waals surface area contributed by atoms with Gasteiger partial charge in [0.15, 0.2) is 0 Å². The number of carbonyl (C=O) groups is 2. The van der Waals surface area contributed by atoms with Crippen molar-refractivity contribution in [2.45, 2.75) is 6.04 Å². The Morgan fingerprint density at radius 3 is 2.47 bits per heavy atom. The minimum Gasteiger partial charge on any atom is -0.507 e. The van der Waals surface area contributed by atoms with Crippen LogP contribution in [0.4, 0.5) is 5.69 Å². The summed E-state index contributed by atoms with van der Waals surface area (Å²) in [5, 5.41) is 11.5. The third-order valence-electron chi connectivity index (χ3n) is 4.86. The number of ketones is 1. The fraction of sp³-hybridized carbons (Fsp3) is 0.0870. The summed E-state index contributed by atoms with van der Waals surface area (Å²) in [5.41, 5.74) is 1.11. The van der Waals surface area contributed by atoms with Crippen LogP contribution in [0.1, 0.15) is 17.3 Å². The molecule has 2 aromatic carbocycles. The number of hydrogen-bond acceptors (Lipinski definition) is 5. The van der Waals surface area contributed by atoms with Gasteiger partial charge >= 0.3 is 0 Å². The van der Waals surface area contributed by atoms with Crippen LogP contribution in [-0.4, -0.2) is 28.9 Å². The molecule has 1 aliphatic rings. The van der Waals surface area contributed by atoms with E-state index in [4.69, 9.17) is 16.3 Å². The smallest absolute Gasteiger partial charge is 0.300 e. The van der Waals surface area contributed by atoms with Crippen molar-refractivity contribution in [1.82, 2.24) is 4.98 Å². The van der Waals surface area contributed by atoms with E-state index < -0.39 is 17.7 Å². The molecule has 0 saturated carbocycles. The lowest BCUT2D eigenvalue weighted by molar-refractivity contribution is -0.132. The average molecular weight is 421 g/mol. The lowest BCUT2D eigenvalue weighted by atomic mass is 9.97. The predicted octanol–water partition coefficient (Wildman–Crippen LogP) is 4.37. The molecule has 0 spiro atoms. The molecule has 150 valence electrons. The summed E-state index contributed by atoms with van der Waals surface area (Å²) in [6.45, 7) is 0. The van der Waals surface area contributed by atoms with E-state index in [0.29, 0.717) is 22.2 Å². The van der Waals surface area contributed by atoms with E-state index in [1.807, 2.05) is 6.07 Å². The third kappa shape index (κ3) is 3.31. The van der Waals surface area contributed by atoms with Crippen molar-refractivity contribution in [3.8, 4) is 5.75 Å². The van der Waals surface area contributed by atoms with Gasteiger partial charge in [-0.05, 0) is 42.5 Å². The van der Waals surface area contributed by atoms with Gasteiger partial charge in [0, 0.05) is 16.9 Å². The molecule has 7 heteroatoms. The van der Waals surface area contributed by atoms with Crippen molar-refractivity contribution in [2.24, 2.45) is 0 Å². The zero-order valence-corrected chi connectivity index (χ0v) is 16.7. The molecule has 30 heavy (non-hydrogen) atoms. The van der Waals surface area contributed by atoms with E-state index >= 15 is 0 Å². The maximum absolute atomic E-state index is 13.1. The predicted molar refractivity (Wildman–Crippen MR) is 113 cm³/mol. The second kappa shape index (κ2) is 8.00. The number of aliphatic hydroxyl groups is 1. The number of anilines is 1. The molecule has 0 aliphatic carbocycles. The number of aliphatic hydroxyl groups excluding tert-OH is 1. The minimum absolute atomic E-state index is 0.0804. The van der Waals surface area contributed by atoms with E-state index in [0.717, 1.165) is 0 Å². The average Bonchev–Trinajstić information content (AvgIpc) is 3.05. The summed E-state index contributed by atoms with van der Waals surface area (Å²) in [4.78, 5) is 31.7. The standard InChI is InChI=1S/C23H17ClN2O4/c1-30-18-11-10-14(24)13-16(18)21(27)19-20(17-9-5-6-12-25-17)26(23(29)22(19)28)15-7-3-2-4-8-15/h2-13,20,27H,1H3/b21-19+.